The van der Waals surface area contributed by atoms with Gasteiger partial charge in [-0.2, -0.15) is 5.10 Å². The van der Waals surface area contributed by atoms with Gasteiger partial charge in [-0.15, -0.1) is 11.3 Å². The van der Waals surface area contributed by atoms with Crippen molar-refractivity contribution in [3.8, 4) is 0 Å². The Bertz CT molecular complexity index is 665. The number of hydrogen-bond donors (Lipinski definition) is 1. The zero-order valence-corrected chi connectivity index (χ0v) is 15.6. The Labute approximate surface area is 142 Å². The minimum Gasteiger partial charge on any atom is -0.354 e. The van der Waals surface area contributed by atoms with Crippen LogP contribution in [0.25, 0.3) is 0 Å². The largest absolute Gasteiger partial charge is 0.354 e. The molecule has 1 atom stereocenters. The van der Waals surface area contributed by atoms with Crippen molar-refractivity contribution in [3.63, 3.8) is 0 Å². The highest BCUT2D eigenvalue weighted by molar-refractivity contribution is 7.15. The number of thiazole rings is 1. The van der Waals surface area contributed by atoms with Crippen LogP contribution in [0.15, 0.2) is 12.4 Å². The summed E-state index contributed by atoms with van der Waals surface area (Å²) in [6, 6.07) is 0.403. The van der Waals surface area contributed by atoms with Crippen molar-refractivity contribution in [1.29, 1.82) is 0 Å². The van der Waals surface area contributed by atoms with Gasteiger partial charge in [0, 0.05) is 49.0 Å². The van der Waals surface area contributed by atoms with E-state index >= 15 is 0 Å². The van der Waals surface area contributed by atoms with Gasteiger partial charge in [-0.05, 0) is 40.0 Å². The van der Waals surface area contributed by atoms with Crippen molar-refractivity contribution in [2.45, 2.75) is 58.2 Å². The van der Waals surface area contributed by atoms with Gasteiger partial charge in [-0.3, -0.25) is 4.68 Å². The van der Waals surface area contributed by atoms with Crippen LogP contribution >= 0.6 is 11.3 Å². The molecule has 0 unspecified atom stereocenters. The van der Waals surface area contributed by atoms with Crippen LogP contribution in [0.2, 0.25) is 0 Å². The fourth-order valence-corrected chi connectivity index (χ4v) is 3.94. The third-order valence-corrected chi connectivity index (χ3v) is 5.43. The summed E-state index contributed by atoms with van der Waals surface area (Å²) in [4.78, 5) is 7.79. The highest BCUT2D eigenvalue weighted by Gasteiger charge is 2.27. The lowest BCUT2D eigenvalue weighted by molar-refractivity contribution is 0.334. The molecule has 0 amide bonds. The summed E-state index contributed by atoms with van der Waals surface area (Å²) >= 11 is 1.75. The molecule has 0 radical (unpaired) electrons. The lowest BCUT2D eigenvalue weighted by Crippen LogP contribution is -2.29. The molecule has 2 aromatic rings. The first kappa shape index (κ1) is 16.5. The van der Waals surface area contributed by atoms with E-state index < -0.39 is 0 Å². The first-order valence-electron chi connectivity index (χ1n) is 8.29. The molecule has 1 aliphatic rings. The second-order valence-corrected chi connectivity index (χ2v) is 8.55. The number of nitrogens with one attached hydrogen (secondary N) is 1. The van der Waals surface area contributed by atoms with Crippen LogP contribution in [0, 0.1) is 0 Å². The summed E-state index contributed by atoms with van der Waals surface area (Å²) in [6.45, 7) is 7.53. The Hall–Kier alpha value is -1.40. The van der Waals surface area contributed by atoms with Gasteiger partial charge >= 0.3 is 0 Å². The van der Waals surface area contributed by atoms with E-state index in [9.17, 15) is 0 Å². The molecule has 3 rings (SSSR count). The minimum absolute atomic E-state index is 0.0494. The zero-order chi connectivity index (χ0) is 16.6. The van der Waals surface area contributed by atoms with Crippen LogP contribution in [-0.2, 0) is 18.5 Å². The fraction of sp³-hybridized carbons (Fsp3) is 0.647. The molecule has 2 heterocycles. The number of aromatic nitrogens is 3. The Morgan fingerprint density at radius 1 is 1.35 bits per heavy atom. The van der Waals surface area contributed by atoms with Crippen LogP contribution < -0.4 is 10.2 Å². The van der Waals surface area contributed by atoms with Gasteiger partial charge in [0.15, 0.2) is 5.13 Å². The molecule has 1 aliphatic carbocycles. The van der Waals surface area contributed by atoms with Crippen molar-refractivity contribution >= 4 is 16.5 Å². The summed E-state index contributed by atoms with van der Waals surface area (Å²) in [5.41, 5.74) is 2.83. The Morgan fingerprint density at radius 2 is 2.13 bits per heavy atom. The Morgan fingerprint density at radius 3 is 2.78 bits per heavy atom. The maximum atomic E-state index is 4.66. The molecule has 1 N–H and O–H groups in total. The normalized spacial score (nSPS) is 18.0. The quantitative estimate of drug-likeness (QED) is 0.932. The van der Waals surface area contributed by atoms with Crippen LogP contribution in [0.4, 0.5) is 5.13 Å². The molecule has 23 heavy (non-hydrogen) atoms. The third-order valence-electron chi connectivity index (χ3n) is 4.27. The predicted molar refractivity (Wildman–Crippen MR) is 96.2 cm³/mol. The van der Waals surface area contributed by atoms with Crippen molar-refractivity contribution < 1.29 is 0 Å². The number of anilines is 1. The highest BCUT2D eigenvalue weighted by atomic mass is 32.1. The van der Waals surface area contributed by atoms with Crippen LogP contribution in [-0.4, -0.2) is 28.9 Å². The van der Waals surface area contributed by atoms with Gasteiger partial charge in [0.2, 0.25) is 0 Å². The van der Waals surface area contributed by atoms with E-state index in [1.807, 2.05) is 20.3 Å². The lowest BCUT2D eigenvalue weighted by Gasteiger charge is -2.28. The first-order valence-corrected chi connectivity index (χ1v) is 9.10. The molecule has 5 nitrogen and oxygen atoms in total. The second kappa shape index (κ2) is 6.24. The van der Waals surface area contributed by atoms with Crippen LogP contribution in [0.3, 0.4) is 0 Å². The van der Waals surface area contributed by atoms with E-state index in [2.05, 4.69) is 51.9 Å². The number of fused-ring (bicyclic) bond motifs is 1. The van der Waals surface area contributed by atoms with Gasteiger partial charge in [0.05, 0.1) is 11.7 Å². The summed E-state index contributed by atoms with van der Waals surface area (Å²) in [7, 11) is 4.06. The molecule has 0 spiro atoms. The first-order chi connectivity index (χ1) is 10.9. The Kier molecular flexibility index (Phi) is 4.47. The average Bonchev–Trinajstić information content (AvgIpc) is 3.11. The summed E-state index contributed by atoms with van der Waals surface area (Å²) in [6.07, 6.45) is 7.58. The van der Waals surface area contributed by atoms with E-state index in [0.29, 0.717) is 6.04 Å². The topological polar surface area (TPSA) is 46.0 Å². The molecule has 0 aliphatic heterocycles. The summed E-state index contributed by atoms with van der Waals surface area (Å²) in [5.74, 6) is 0. The van der Waals surface area contributed by atoms with E-state index in [1.54, 1.807) is 11.3 Å². The molecule has 0 saturated carbocycles. The van der Waals surface area contributed by atoms with Crippen molar-refractivity contribution in [1.82, 2.24) is 20.1 Å². The second-order valence-electron chi connectivity index (χ2n) is 7.46. The smallest absolute Gasteiger partial charge is 0.185 e. The van der Waals surface area contributed by atoms with Crippen molar-refractivity contribution in [2.24, 2.45) is 0 Å². The lowest BCUT2D eigenvalue weighted by atomic mass is 9.92. The summed E-state index contributed by atoms with van der Waals surface area (Å²) in [5, 5.41) is 9.43. The van der Waals surface area contributed by atoms with E-state index in [0.717, 1.165) is 18.1 Å². The number of hydrogen-bond acceptors (Lipinski definition) is 5. The fourth-order valence-electron chi connectivity index (χ4n) is 3.16. The standard InChI is InChI=1S/C17H27N5S/c1-17(2,3)22-15-8-6-7-14(13(15)11-20-22)18-9-12-10-19-16(23-12)21(4)5/h10-11,14,18H,6-9H2,1-5H3/t14-/m1/s1. The maximum Gasteiger partial charge on any atom is 0.185 e. The van der Waals surface area contributed by atoms with Crippen molar-refractivity contribution in [3.05, 3.63) is 28.5 Å². The van der Waals surface area contributed by atoms with E-state index in [1.165, 1.54) is 29.0 Å². The van der Waals surface area contributed by atoms with Gasteiger partial charge < -0.3 is 10.2 Å². The average molecular weight is 334 g/mol. The van der Waals surface area contributed by atoms with E-state index in [-0.39, 0.29) is 5.54 Å². The minimum atomic E-state index is 0.0494. The molecule has 6 heteroatoms. The van der Waals surface area contributed by atoms with Gasteiger partial charge in [0.1, 0.15) is 0 Å². The predicted octanol–water partition coefficient (Wildman–Crippen LogP) is 3.33. The monoisotopic (exact) mass is 333 g/mol. The van der Waals surface area contributed by atoms with Crippen LogP contribution in [0.1, 0.15) is 55.8 Å². The maximum absolute atomic E-state index is 4.66. The molecule has 0 bridgehead atoms. The molecule has 0 saturated heterocycles. The van der Waals surface area contributed by atoms with Gasteiger partial charge in [-0.1, -0.05) is 0 Å². The van der Waals surface area contributed by atoms with E-state index in [4.69, 9.17) is 0 Å². The van der Waals surface area contributed by atoms with Gasteiger partial charge in [-0.25, -0.2) is 4.98 Å². The Balaban J connectivity index is 1.72. The molecular weight excluding hydrogens is 306 g/mol. The summed E-state index contributed by atoms with van der Waals surface area (Å²) < 4.78 is 2.20. The molecule has 126 valence electrons. The third kappa shape index (κ3) is 3.43. The van der Waals surface area contributed by atoms with Gasteiger partial charge in [0.25, 0.3) is 0 Å². The molecular formula is C17H27N5S. The zero-order valence-electron chi connectivity index (χ0n) is 14.8. The highest BCUT2D eigenvalue weighted by Crippen LogP contribution is 2.32. The van der Waals surface area contributed by atoms with Crippen LogP contribution in [0.5, 0.6) is 0 Å². The molecule has 0 aromatic carbocycles. The molecule has 0 fully saturated rings. The number of rotatable bonds is 4. The molecule has 2 aromatic heterocycles. The van der Waals surface area contributed by atoms with Crippen molar-refractivity contribution in [2.75, 3.05) is 19.0 Å². The number of nitrogens with zero attached hydrogens (tertiary/aromatic N) is 4. The SMILES string of the molecule is CN(C)c1ncc(CN[C@@H]2CCCc3c2cnn3C(C)(C)C)s1.